The number of hydrogen-bond donors (Lipinski definition) is 1. The van der Waals surface area contributed by atoms with Crippen molar-refractivity contribution in [2.75, 3.05) is 11.6 Å². The van der Waals surface area contributed by atoms with Crippen LogP contribution < -0.4 is 5.32 Å². The maximum atomic E-state index is 13.3. The van der Waals surface area contributed by atoms with E-state index in [1.165, 1.54) is 25.0 Å². The van der Waals surface area contributed by atoms with E-state index in [4.69, 9.17) is 5.26 Å². The summed E-state index contributed by atoms with van der Waals surface area (Å²) in [6.07, 6.45) is 5.64. The second kappa shape index (κ2) is 5.42. The molecule has 2 unspecified atom stereocenters. The first kappa shape index (κ1) is 12.3. The van der Waals surface area contributed by atoms with Crippen LogP contribution in [-0.4, -0.2) is 17.5 Å². The van der Waals surface area contributed by atoms with Crippen LogP contribution in [0, 0.1) is 17.1 Å². The topological polar surface area (TPSA) is 35.8 Å². The molecule has 0 saturated heterocycles. The zero-order valence-corrected chi connectivity index (χ0v) is 10.6. The van der Waals surface area contributed by atoms with E-state index < -0.39 is 0 Å². The monoisotopic (exact) mass is 250 g/mol. The molecule has 0 heterocycles. The van der Waals surface area contributed by atoms with Gasteiger partial charge in [0.1, 0.15) is 5.82 Å². The average Bonchev–Trinajstić information content (AvgIpc) is 2.75. The van der Waals surface area contributed by atoms with Gasteiger partial charge in [-0.15, -0.1) is 0 Å². The molecular formula is C13H15FN2S. The number of nitrogens with zero attached hydrogens (tertiary/aromatic N) is 1. The summed E-state index contributed by atoms with van der Waals surface area (Å²) in [6, 6.07) is 6.78. The Morgan fingerprint density at radius 3 is 2.94 bits per heavy atom. The standard InChI is InChI=1S/C13H15FN2S/c1-17-13-4-2-3-12(13)16-11-6-9(8-15)5-10(14)7-11/h5-7,12-13,16H,2-4H2,1H3. The van der Waals surface area contributed by atoms with Crippen LogP contribution in [0.5, 0.6) is 0 Å². The maximum Gasteiger partial charge on any atom is 0.126 e. The van der Waals surface area contributed by atoms with Crippen molar-refractivity contribution >= 4 is 17.4 Å². The van der Waals surface area contributed by atoms with Gasteiger partial charge in [-0.2, -0.15) is 17.0 Å². The molecule has 1 N–H and O–H groups in total. The molecule has 0 amide bonds. The predicted octanol–water partition coefficient (Wildman–Crippen LogP) is 3.39. The molecule has 2 atom stereocenters. The molecule has 1 aliphatic carbocycles. The zero-order chi connectivity index (χ0) is 12.3. The van der Waals surface area contributed by atoms with Crippen molar-refractivity contribution in [3.63, 3.8) is 0 Å². The quantitative estimate of drug-likeness (QED) is 0.893. The van der Waals surface area contributed by atoms with Crippen LogP contribution in [0.25, 0.3) is 0 Å². The van der Waals surface area contributed by atoms with Crippen LogP contribution >= 0.6 is 11.8 Å². The van der Waals surface area contributed by atoms with E-state index >= 15 is 0 Å². The van der Waals surface area contributed by atoms with Crippen LogP contribution in [0.3, 0.4) is 0 Å². The highest BCUT2D eigenvalue weighted by Crippen LogP contribution is 2.31. The number of rotatable bonds is 3. The number of anilines is 1. The fraction of sp³-hybridized carbons (Fsp3) is 0.462. The summed E-state index contributed by atoms with van der Waals surface area (Å²) in [4.78, 5) is 0. The minimum Gasteiger partial charge on any atom is -0.381 e. The van der Waals surface area contributed by atoms with Crippen molar-refractivity contribution in [3.8, 4) is 6.07 Å². The lowest BCUT2D eigenvalue weighted by Crippen LogP contribution is -2.25. The molecule has 1 aromatic rings. The molecule has 2 rings (SSSR count). The minimum absolute atomic E-state index is 0.356. The number of hydrogen-bond acceptors (Lipinski definition) is 3. The molecule has 0 aliphatic heterocycles. The summed E-state index contributed by atoms with van der Waals surface area (Å²) in [6.45, 7) is 0. The fourth-order valence-corrected chi connectivity index (χ4v) is 3.26. The van der Waals surface area contributed by atoms with Crippen LogP contribution in [0.15, 0.2) is 18.2 Å². The van der Waals surface area contributed by atoms with E-state index in [0.717, 1.165) is 6.42 Å². The van der Waals surface area contributed by atoms with Crippen molar-refractivity contribution in [2.24, 2.45) is 0 Å². The highest BCUT2D eigenvalue weighted by atomic mass is 32.2. The third-order valence-electron chi connectivity index (χ3n) is 3.13. The SMILES string of the molecule is CSC1CCCC1Nc1cc(F)cc(C#N)c1. The van der Waals surface area contributed by atoms with E-state index in [0.29, 0.717) is 22.5 Å². The molecule has 17 heavy (non-hydrogen) atoms. The van der Waals surface area contributed by atoms with Gasteiger partial charge in [0.15, 0.2) is 0 Å². The molecule has 2 nitrogen and oxygen atoms in total. The Labute approximate surface area is 105 Å². The molecule has 4 heteroatoms. The van der Waals surface area contributed by atoms with E-state index in [1.807, 2.05) is 17.8 Å². The minimum atomic E-state index is -0.356. The first-order valence-electron chi connectivity index (χ1n) is 5.73. The third kappa shape index (κ3) is 2.92. The molecule has 90 valence electrons. The Balaban J connectivity index is 2.13. The molecule has 1 aromatic carbocycles. The van der Waals surface area contributed by atoms with Gasteiger partial charge in [-0.05, 0) is 37.3 Å². The molecule has 0 spiro atoms. The number of nitrogens with one attached hydrogen (secondary N) is 1. The number of nitriles is 1. The Kier molecular flexibility index (Phi) is 3.90. The van der Waals surface area contributed by atoms with Crippen molar-refractivity contribution in [2.45, 2.75) is 30.6 Å². The Bertz CT molecular complexity index is 442. The van der Waals surface area contributed by atoms with E-state index in [2.05, 4.69) is 11.6 Å². The van der Waals surface area contributed by atoms with E-state index in [9.17, 15) is 4.39 Å². The lowest BCUT2D eigenvalue weighted by molar-refractivity contribution is 0.627. The summed E-state index contributed by atoms with van der Waals surface area (Å²) >= 11 is 1.85. The summed E-state index contributed by atoms with van der Waals surface area (Å²) in [5, 5.41) is 12.7. The van der Waals surface area contributed by atoms with Crippen molar-refractivity contribution < 1.29 is 4.39 Å². The van der Waals surface area contributed by atoms with Gasteiger partial charge in [-0.1, -0.05) is 6.42 Å². The summed E-state index contributed by atoms with van der Waals surface area (Å²) in [5.74, 6) is -0.356. The molecule has 0 aromatic heterocycles. The van der Waals surface area contributed by atoms with Gasteiger partial charge >= 0.3 is 0 Å². The highest BCUT2D eigenvalue weighted by Gasteiger charge is 2.26. The molecule has 0 radical (unpaired) electrons. The van der Waals surface area contributed by atoms with Gasteiger partial charge < -0.3 is 5.32 Å². The van der Waals surface area contributed by atoms with Gasteiger partial charge in [0.25, 0.3) is 0 Å². The summed E-state index contributed by atoms with van der Waals surface area (Å²) < 4.78 is 13.3. The van der Waals surface area contributed by atoms with Crippen LogP contribution in [-0.2, 0) is 0 Å². The molecule has 1 aliphatic rings. The lowest BCUT2D eigenvalue weighted by atomic mass is 10.1. The maximum absolute atomic E-state index is 13.3. The van der Waals surface area contributed by atoms with E-state index in [1.54, 1.807) is 6.07 Å². The normalized spacial score (nSPS) is 23.4. The molecular weight excluding hydrogens is 235 g/mol. The average molecular weight is 250 g/mol. The van der Waals surface area contributed by atoms with Gasteiger partial charge in [-0.25, -0.2) is 4.39 Å². The molecule has 1 fully saturated rings. The summed E-state index contributed by atoms with van der Waals surface area (Å²) in [7, 11) is 0. The van der Waals surface area contributed by atoms with E-state index in [-0.39, 0.29) is 5.82 Å². The van der Waals surface area contributed by atoms with Crippen molar-refractivity contribution in [1.82, 2.24) is 0 Å². The highest BCUT2D eigenvalue weighted by molar-refractivity contribution is 7.99. The first-order chi connectivity index (χ1) is 8.22. The van der Waals surface area contributed by atoms with Crippen LogP contribution in [0.4, 0.5) is 10.1 Å². The second-order valence-corrected chi connectivity index (χ2v) is 5.37. The smallest absolute Gasteiger partial charge is 0.126 e. The Morgan fingerprint density at radius 1 is 1.41 bits per heavy atom. The van der Waals surface area contributed by atoms with Gasteiger partial charge in [0.2, 0.25) is 0 Å². The van der Waals surface area contributed by atoms with Crippen molar-refractivity contribution in [1.29, 1.82) is 5.26 Å². The molecule has 1 saturated carbocycles. The van der Waals surface area contributed by atoms with Gasteiger partial charge in [0, 0.05) is 17.0 Å². The van der Waals surface area contributed by atoms with Gasteiger partial charge in [-0.3, -0.25) is 0 Å². The Hall–Kier alpha value is -1.21. The van der Waals surface area contributed by atoms with Gasteiger partial charge in [0.05, 0.1) is 11.6 Å². The first-order valence-corrected chi connectivity index (χ1v) is 7.01. The third-order valence-corrected chi connectivity index (χ3v) is 4.30. The number of halogens is 1. The largest absolute Gasteiger partial charge is 0.381 e. The number of thioether (sulfide) groups is 1. The second-order valence-electron chi connectivity index (χ2n) is 4.30. The summed E-state index contributed by atoms with van der Waals surface area (Å²) in [5.41, 5.74) is 1.08. The fourth-order valence-electron chi connectivity index (χ4n) is 2.32. The predicted molar refractivity (Wildman–Crippen MR) is 69.7 cm³/mol. The van der Waals surface area contributed by atoms with Crippen LogP contribution in [0.1, 0.15) is 24.8 Å². The lowest BCUT2D eigenvalue weighted by Gasteiger charge is -2.20. The van der Waals surface area contributed by atoms with Crippen molar-refractivity contribution in [3.05, 3.63) is 29.6 Å². The number of benzene rings is 1. The Morgan fingerprint density at radius 2 is 2.24 bits per heavy atom. The molecule has 0 bridgehead atoms. The zero-order valence-electron chi connectivity index (χ0n) is 9.74. The van der Waals surface area contributed by atoms with Crippen LogP contribution in [0.2, 0.25) is 0 Å².